The number of nitrogens with zero attached hydrogens (tertiary/aromatic N) is 1. The van der Waals surface area contributed by atoms with E-state index in [4.69, 9.17) is 5.73 Å². The number of rotatable bonds is 2. The predicted octanol–water partition coefficient (Wildman–Crippen LogP) is 2.21. The van der Waals surface area contributed by atoms with E-state index in [0.717, 1.165) is 5.69 Å². The molecule has 0 saturated carbocycles. The fourth-order valence-corrected chi connectivity index (χ4v) is 3.76. The molecule has 4 heteroatoms. The molecular weight excluding hydrogens is 200 g/mol. The molecule has 0 bridgehead atoms. The summed E-state index contributed by atoms with van der Waals surface area (Å²) >= 11 is 3.83. The molecule has 1 aliphatic heterocycles. The molecule has 2 heterocycles. The van der Waals surface area contributed by atoms with Gasteiger partial charge in [-0.1, -0.05) is 0 Å². The maximum atomic E-state index is 5.53. The Balaban J connectivity index is 2.05. The van der Waals surface area contributed by atoms with Gasteiger partial charge in [0.15, 0.2) is 0 Å². The summed E-state index contributed by atoms with van der Waals surface area (Å²) in [7, 11) is 0. The molecule has 1 aromatic rings. The van der Waals surface area contributed by atoms with Crippen molar-refractivity contribution >= 4 is 23.1 Å². The van der Waals surface area contributed by atoms with Crippen LogP contribution in [0.15, 0.2) is 5.38 Å². The van der Waals surface area contributed by atoms with Crippen LogP contribution >= 0.6 is 23.1 Å². The fraction of sp³-hybridized carbons (Fsp3) is 0.667. The van der Waals surface area contributed by atoms with E-state index in [1.807, 2.05) is 0 Å². The standard InChI is InChI=1S/C9H14N2S2/c10-4-8-6-13-9(11-8)7-2-1-3-12-5-7/h6-7H,1-5,10H2. The minimum absolute atomic E-state index is 0.580. The predicted molar refractivity (Wildman–Crippen MR) is 59.3 cm³/mol. The number of hydrogen-bond acceptors (Lipinski definition) is 4. The molecule has 1 atom stereocenters. The maximum Gasteiger partial charge on any atom is 0.0968 e. The van der Waals surface area contributed by atoms with Gasteiger partial charge in [-0.2, -0.15) is 11.8 Å². The smallest absolute Gasteiger partial charge is 0.0968 e. The van der Waals surface area contributed by atoms with Gasteiger partial charge in [0.1, 0.15) is 0 Å². The first-order valence-corrected chi connectivity index (χ1v) is 6.65. The van der Waals surface area contributed by atoms with Gasteiger partial charge < -0.3 is 5.73 Å². The van der Waals surface area contributed by atoms with Crippen LogP contribution in [0.3, 0.4) is 0 Å². The molecule has 2 N–H and O–H groups in total. The summed E-state index contributed by atoms with van der Waals surface area (Å²) in [4.78, 5) is 4.53. The van der Waals surface area contributed by atoms with Crippen molar-refractivity contribution in [3.8, 4) is 0 Å². The molecule has 13 heavy (non-hydrogen) atoms. The molecule has 0 aromatic carbocycles. The molecule has 0 radical (unpaired) electrons. The number of aromatic nitrogens is 1. The lowest BCUT2D eigenvalue weighted by atomic mass is 10.1. The second-order valence-corrected chi connectivity index (χ2v) is 5.33. The van der Waals surface area contributed by atoms with Gasteiger partial charge in [0.05, 0.1) is 10.7 Å². The van der Waals surface area contributed by atoms with Gasteiger partial charge >= 0.3 is 0 Å². The molecule has 72 valence electrons. The normalized spacial score (nSPS) is 23.3. The Morgan fingerprint density at radius 3 is 3.15 bits per heavy atom. The number of thiazole rings is 1. The summed E-state index contributed by atoms with van der Waals surface area (Å²) in [5.41, 5.74) is 6.58. The van der Waals surface area contributed by atoms with Gasteiger partial charge in [-0.05, 0) is 18.6 Å². The minimum atomic E-state index is 0.580. The molecule has 2 rings (SSSR count). The lowest BCUT2D eigenvalue weighted by Crippen LogP contribution is -2.08. The minimum Gasteiger partial charge on any atom is -0.325 e. The van der Waals surface area contributed by atoms with E-state index in [9.17, 15) is 0 Å². The number of hydrogen-bond donors (Lipinski definition) is 1. The van der Waals surface area contributed by atoms with Crippen LogP contribution in [-0.2, 0) is 6.54 Å². The zero-order valence-electron chi connectivity index (χ0n) is 7.53. The van der Waals surface area contributed by atoms with Gasteiger partial charge in [-0.25, -0.2) is 4.98 Å². The van der Waals surface area contributed by atoms with Crippen molar-refractivity contribution in [3.63, 3.8) is 0 Å². The third-order valence-electron chi connectivity index (χ3n) is 2.29. The fourth-order valence-electron chi connectivity index (χ4n) is 1.54. The van der Waals surface area contributed by atoms with E-state index in [2.05, 4.69) is 22.1 Å². The topological polar surface area (TPSA) is 38.9 Å². The molecule has 1 unspecified atom stereocenters. The van der Waals surface area contributed by atoms with Crippen molar-refractivity contribution in [1.82, 2.24) is 4.98 Å². The Labute approximate surface area is 86.9 Å². The van der Waals surface area contributed by atoms with E-state index >= 15 is 0 Å². The summed E-state index contributed by atoms with van der Waals surface area (Å²) in [6.07, 6.45) is 2.65. The summed E-state index contributed by atoms with van der Waals surface area (Å²) in [5, 5.41) is 3.39. The molecule has 2 nitrogen and oxygen atoms in total. The van der Waals surface area contributed by atoms with Crippen LogP contribution < -0.4 is 5.73 Å². The number of thioether (sulfide) groups is 1. The first kappa shape index (κ1) is 9.49. The van der Waals surface area contributed by atoms with E-state index in [1.54, 1.807) is 11.3 Å². The van der Waals surface area contributed by atoms with Crippen LogP contribution in [0.5, 0.6) is 0 Å². The molecule has 1 aromatic heterocycles. The molecule has 1 fully saturated rings. The Hall–Kier alpha value is -0.0600. The second kappa shape index (κ2) is 4.44. The van der Waals surface area contributed by atoms with Crippen LogP contribution in [0, 0.1) is 0 Å². The molecular formula is C9H14N2S2. The van der Waals surface area contributed by atoms with Crippen LogP contribution in [0.4, 0.5) is 0 Å². The van der Waals surface area contributed by atoms with Crippen molar-refractivity contribution in [2.45, 2.75) is 25.3 Å². The lowest BCUT2D eigenvalue weighted by Gasteiger charge is -2.18. The first-order chi connectivity index (χ1) is 6.40. The summed E-state index contributed by atoms with van der Waals surface area (Å²) in [6.45, 7) is 0.580. The van der Waals surface area contributed by atoms with Crippen LogP contribution in [0.1, 0.15) is 29.5 Å². The van der Waals surface area contributed by atoms with Gasteiger partial charge in [0.2, 0.25) is 0 Å². The third-order valence-corrected chi connectivity index (χ3v) is 4.56. The Morgan fingerprint density at radius 1 is 1.62 bits per heavy atom. The number of nitrogens with two attached hydrogens (primary N) is 1. The van der Waals surface area contributed by atoms with Crippen LogP contribution in [0.25, 0.3) is 0 Å². The largest absolute Gasteiger partial charge is 0.325 e. The lowest BCUT2D eigenvalue weighted by molar-refractivity contribution is 0.653. The molecule has 0 amide bonds. The van der Waals surface area contributed by atoms with Crippen LogP contribution in [-0.4, -0.2) is 16.5 Å². The average molecular weight is 214 g/mol. The Kier molecular flexibility index (Phi) is 3.24. The van der Waals surface area contributed by atoms with Gasteiger partial charge in [-0.3, -0.25) is 0 Å². The van der Waals surface area contributed by atoms with Gasteiger partial charge in [0, 0.05) is 23.6 Å². The molecule has 1 aliphatic rings. The van der Waals surface area contributed by atoms with E-state index < -0.39 is 0 Å². The molecule has 0 aliphatic carbocycles. The Bertz CT molecular complexity index is 266. The highest BCUT2D eigenvalue weighted by atomic mass is 32.2. The van der Waals surface area contributed by atoms with Crippen molar-refractivity contribution in [3.05, 3.63) is 16.1 Å². The zero-order valence-corrected chi connectivity index (χ0v) is 9.16. The molecule has 1 saturated heterocycles. The summed E-state index contributed by atoms with van der Waals surface area (Å²) in [5.74, 6) is 3.27. The van der Waals surface area contributed by atoms with Gasteiger partial charge in [-0.15, -0.1) is 11.3 Å². The van der Waals surface area contributed by atoms with Crippen molar-refractivity contribution in [2.75, 3.05) is 11.5 Å². The highest BCUT2D eigenvalue weighted by molar-refractivity contribution is 7.99. The maximum absolute atomic E-state index is 5.53. The van der Waals surface area contributed by atoms with Crippen molar-refractivity contribution in [2.24, 2.45) is 5.73 Å². The van der Waals surface area contributed by atoms with Crippen molar-refractivity contribution in [1.29, 1.82) is 0 Å². The Morgan fingerprint density at radius 2 is 2.54 bits per heavy atom. The quantitative estimate of drug-likeness (QED) is 0.820. The average Bonchev–Trinajstić information content (AvgIpc) is 2.67. The first-order valence-electron chi connectivity index (χ1n) is 4.62. The monoisotopic (exact) mass is 214 g/mol. The van der Waals surface area contributed by atoms with Crippen molar-refractivity contribution < 1.29 is 0 Å². The van der Waals surface area contributed by atoms with E-state index in [0.29, 0.717) is 12.5 Å². The summed E-state index contributed by atoms with van der Waals surface area (Å²) < 4.78 is 0. The van der Waals surface area contributed by atoms with Crippen LogP contribution in [0.2, 0.25) is 0 Å². The van der Waals surface area contributed by atoms with E-state index in [1.165, 1.54) is 29.4 Å². The zero-order chi connectivity index (χ0) is 9.10. The summed E-state index contributed by atoms with van der Waals surface area (Å²) in [6, 6.07) is 0. The highest BCUT2D eigenvalue weighted by Crippen LogP contribution is 2.32. The van der Waals surface area contributed by atoms with E-state index in [-0.39, 0.29) is 0 Å². The van der Waals surface area contributed by atoms with Gasteiger partial charge in [0.25, 0.3) is 0 Å². The highest BCUT2D eigenvalue weighted by Gasteiger charge is 2.18. The molecule has 0 spiro atoms. The second-order valence-electron chi connectivity index (χ2n) is 3.30. The third kappa shape index (κ3) is 2.24. The SMILES string of the molecule is NCc1csc(C2CCCSC2)n1.